The van der Waals surface area contributed by atoms with E-state index in [2.05, 4.69) is 0 Å². The Hall–Kier alpha value is -3.33. The minimum Gasteiger partial charge on any atom is -0.462 e. The molecule has 2 rings (SSSR count). The summed E-state index contributed by atoms with van der Waals surface area (Å²) in [7, 11) is 0. The summed E-state index contributed by atoms with van der Waals surface area (Å²) in [6, 6.07) is 9.32. The normalized spacial score (nSPS) is 14.9. The molecule has 2 N–H and O–H groups in total. The number of fused-ring (bicyclic) bond motifs is 1. The Bertz CT molecular complexity index is 785. The lowest BCUT2D eigenvalue weighted by molar-refractivity contribution is -0.138. The van der Waals surface area contributed by atoms with Gasteiger partial charge in [-0.15, -0.1) is 0 Å². The summed E-state index contributed by atoms with van der Waals surface area (Å²) in [6.45, 7) is 1.96. The lowest BCUT2D eigenvalue weighted by atomic mass is 9.99. The summed E-state index contributed by atoms with van der Waals surface area (Å²) in [5, 5.41) is 9.06. The number of hydrogen-bond acceptors (Lipinski definition) is 5. The van der Waals surface area contributed by atoms with Gasteiger partial charge in [-0.1, -0.05) is 24.3 Å². The van der Waals surface area contributed by atoms with E-state index in [0.29, 0.717) is 0 Å². The Balaban J connectivity index is 2.37. The van der Waals surface area contributed by atoms with E-state index in [1.165, 1.54) is 6.08 Å². The highest BCUT2D eigenvalue weighted by atomic mass is 16.5. The number of primary amides is 1. The molecule has 0 saturated heterocycles. The Morgan fingerprint density at radius 3 is 2.79 bits per heavy atom. The molecule has 24 heavy (non-hydrogen) atoms. The lowest BCUT2D eigenvalue weighted by Crippen LogP contribution is -2.31. The molecule has 122 valence electrons. The maximum Gasteiger partial charge on any atom is 0.348 e. The van der Waals surface area contributed by atoms with Gasteiger partial charge in [0.1, 0.15) is 18.2 Å². The molecule has 0 unspecified atom stereocenters. The molecule has 1 aromatic rings. The van der Waals surface area contributed by atoms with Gasteiger partial charge in [0.25, 0.3) is 0 Å². The molecular formula is C18H17N3O3. The molecule has 0 radical (unpaired) electrons. The van der Waals surface area contributed by atoms with Gasteiger partial charge in [-0.2, -0.15) is 5.26 Å². The van der Waals surface area contributed by atoms with Crippen LogP contribution in [0, 0.1) is 11.3 Å². The van der Waals surface area contributed by atoms with Crippen molar-refractivity contribution in [1.82, 2.24) is 0 Å². The maximum absolute atomic E-state index is 11.6. The van der Waals surface area contributed by atoms with E-state index < -0.39 is 11.9 Å². The third-order valence-corrected chi connectivity index (χ3v) is 3.33. The minimum atomic E-state index is -0.653. The predicted molar refractivity (Wildman–Crippen MR) is 90.4 cm³/mol. The quantitative estimate of drug-likeness (QED) is 0.507. The predicted octanol–water partition coefficient (Wildman–Crippen LogP) is 1.90. The fourth-order valence-electron chi connectivity index (χ4n) is 2.29. The second-order valence-electron chi connectivity index (χ2n) is 4.96. The van der Waals surface area contributed by atoms with E-state index in [0.717, 1.165) is 16.8 Å². The van der Waals surface area contributed by atoms with Gasteiger partial charge in [0, 0.05) is 17.5 Å². The van der Waals surface area contributed by atoms with E-state index in [1.54, 1.807) is 30.2 Å². The molecule has 0 saturated carbocycles. The first-order valence-corrected chi connectivity index (χ1v) is 7.38. The van der Waals surface area contributed by atoms with Crippen LogP contribution in [0.2, 0.25) is 0 Å². The van der Waals surface area contributed by atoms with Crippen molar-refractivity contribution in [2.24, 2.45) is 5.73 Å². The first-order valence-electron chi connectivity index (χ1n) is 7.38. The van der Waals surface area contributed by atoms with Crippen LogP contribution in [0.15, 0.2) is 54.3 Å². The molecule has 0 atom stereocenters. The topological polar surface area (TPSA) is 96.4 Å². The van der Waals surface area contributed by atoms with Crippen molar-refractivity contribution >= 4 is 23.1 Å². The van der Waals surface area contributed by atoms with Crippen LogP contribution in [0.1, 0.15) is 12.5 Å². The number of rotatable bonds is 5. The number of carbonyl (C=O) groups excluding carboxylic acids is 2. The molecule has 1 aromatic carbocycles. The number of carbonyl (C=O) groups is 2. The number of benzene rings is 1. The van der Waals surface area contributed by atoms with Crippen LogP contribution in [0.25, 0.3) is 5.57 Å². The standard InChI is InChI=1S/C18H17N3O3/c1-2-24-18(23)14(11-19)8-7-13-9-10-21(12-17(20)22)16-6-4-3-5-15(13)16/h3-10H,2,12H2,1H3,(H2,20,22)/b13-7-,14-8+. The van der Waals surface area contributed by atoms with Gasteiger partial charge in [-0.25, -0.2) is 4.79 Å². The van der Waals surface area contributed by atoms with Gasteiger partial charge in [-0.05, 0) is 30.7 Å². The van der Waals surface area contributed by atoms with Crippen molar-refractivity contribution in [3.05, 3.63) is 59.8 Å². The van der Waals surface area contributed by atoms with Gasteiger partial charge in [0.15, 0.2) is 0 Å². The van der Waals surface area contributed by atoms with Crippen LogP contribution in [0.3, 0.4) is 0 Å². The van der Waals surface area contributed by atoms with E-state index in [1.807, 2.05) is 30.3 Å². The fourth-order valence-corrected chi connectivity index (χ4v) is 2.29. The summed E-state index contributed by atoms with van der Waals surface area (Å²) < 4.78 is 4.83. The smallest absolute Gasteiger partial charge is 0.348 e. The molecule has 0 aromatic heterocycles. The second-order valence-corrected chi connectivity index (χ2v) is 4.96. The molecule has 0 aliphatic carbocycles. The van der Waals surface area contributed by atoms with Gasteiger partial charge in [0.2, 0.25) is 5.91 Å². The number of nitriles is 1. The molecule has 6 heteroatoms. The largest absolute Gasteiger partial charge is 0.462 e. The number of nitrogens with two attached hydrogens (primary N) is 1. The molecule has 6 nitrogen and oxygen atoms in total. The number of para-hydroxylation sites is 1. The average Bonchev–Trinajstić information content (AvgIpc) is 2.57. The molecule has 1 aliphatic heterocycles. The van der Waals surface area contributed by atoms with Crippen LogP contribution in [0.5, 0.6) is 0 Å². The highest BCUT2D eigenvalue weighted by molar-refractivity contribution is 5.94. The molecule has 0 fully saturated rings. The highest BCUT2D eigenvalue weighted by Crippen LogP contribution is 2.32. The summed E-state index contributed by atoms with van der Waals surface area (Å²) in [4.78, 5) is 24.6. The van der Waals surface area contributed by atoms with Crippen molar-refractivity contribution in [1.29, 1.82) is 5.26 Å². The molecule has 1 amide bonds. The maximum atomic E-state index is 11.6. The zero-order valence-electron chi connectivity index (χ0n) is 13.2. The molecule has 0 spiro atoms. The Morgan fingerprint density at radius 2 is 2.12 bits per heavy atom. The third kappa shape index (κ3) is 3.90. The zero-order valence-corrected chi connectivity index (χ0v) is 13.2. The highest BCUT2D eigenvalue weighted by Gasteiger charge is 2.17. The van der Waals surface area contributed by atoms with Gasteiger partial charge < -0.3 is 15.4 Å². The molecule has 1 heterocycles. The number of allylic oxidation sites excluding steroid dienone is 4. The van der Waals surface area contributed by atoms with Crippen molar-refractivity contribution < 1.29 is 14.3 Å². The monoisotopic (exact) mass is 323 g/mol. The van der Waals surface area contributed by atoms with Crippen LogP contribution in [-0.4, -0.2) is 25.0 Å². The van der Waals surface area contributed by atoms with E-state index >= 15 is 0 Å². The van der Waals surface area contributed by atoms with Crippen LogP contribution in [-0.2, 0) is 14.3 Å². The summed E-state index contributed by atoms with van der Waals surface area (Å²) in [5.41, 5.74) is 7.70. The average molecular weight is 323 g/mol. The molecular weight excluding hydrogens is 306 g/mol. The third-order valence-electron chi connectivity index (χ3n) is 3.33. The van der Waals surface area contributed by atoms with Gasteiger partial charge in [0.05, 0.1) is 6.61 Å². The van der Waals surface area contributed by atoms with Crippen LogP contribution < -0.4 is 10.6 Å². The van der Waals surface area contributed by atoms with Gasteiger partial charge in [-0.3, -0.25) is 4.79 Å². The van der Waals surface area contributed by atoms with Crippen LogP contribution in [0.4, 0.5) is 5.69 Å². The zero-order chi connectivity index (χ0) is 17.5. The number of nitrogens with zero attached hydrogens (tertiary/aromatic N) is 2. The Kier molecular flexibility index (Phi) is 5.53. The second kappa shape index (κ2) is 7.79. The summed E-state index contributed by atoms with van der Waals surface area (Å²) >= 11 is 0. The van der Waals surface area contributed by atoms with E-state index in [9.17, 15) is 9.59 Å². The molecule has 0 bridgehead atoms. The number of esters is 1. The number of hydrogen-bond donors (Lipinski definition) is 1. The van der Waals surface area contributed by atoms with Crippen molar-refractivity contribution in [3.63, 3.8) is 0 Å². The fraction of sp³-hybridized carbons (Fsp3) is 0.167. The van der Waals surface area contributed by atoms with E-state index in [-0.39, 0.29) is 18.7 Å². The number of ether oxygens (including phenoxy) is 1. The Labute approximate surface area is 140 Å². The summed E-state index contributed by atoms with van der Waals surface area (Å²) in [5.74, 6) is -1.09. The minimum absolute atomic E-state index is 0.0723. The molecule has 1 aliphatic rings. The SMILES string of the molecule is CCOC(=O)/C(C#N)=C/C=C1/C=CN(CC(N)=O)c2ccccc21. The van der Waals surface area contributed by atoms with Gasteiger partial charge >= 0.3 is 5.97 Å². The Morgan fingerprint density at radius 1 is 1.38 bits per heavy atom. The van der Waals surface area contributed by atoms with Crippen molar-refractivity contribution in [3.8, 4) is 6.07 Å². The first-order chi connectivity index (χ1) is 11.6. The van der Waals surface area contributed by atoms with E-state index in [4.69, 9.17) is 15.7 Å². The van der Waals surface area contributed by atoms with Crippen molar-refractivity contribution in [2.75, 3.05) is 18.1 Å². The first kappa shape index (κ1) is 17.0. The number of amides is 1. The van der Waals surface area contributed by atoms with Crippen molar-refractivity contribution in [2.45, 2.75) is 6.92 Å². The number of anilines is 1. The van der Waals surface area contributed by atoms with Crippen LogP contribution >= 0.6 is 0 Å². The summed E-state index contributed by atoms with van der Waals surface area (Å²) in [6.07, 6.45) is 6.63. The lowest BCUT2D eigenvalue weighted by Gasteiger charge is -2.26.